The Hall–Kier alpha value is -7.48. The molecule has 0 spiro atoms. The zero-order chi connectivity index (χ0) is 44.5. The highest BCUT2D eigenvalue weighted by Gasteiger charge is 2.40. The smallest absolute Gasteiger partial charge is 0.0647 e. The highest BCUT2D eigenvalue weighted by atomic mass is 15.1. The Kier molecular flexibility index (Phi) is 13.3. The predicted molar refractivity (Wildman–Crippen MR) is 276 cm³/mol. The Morgan fingerprint density at radius 3 is 2.28 bits per heavy atom. The lowest BCUT2D eigenvalue weighted by Crippen LogP contribution is -2.33. The van der Waals surface area contributed by atoms with Crippen molar-refractivity contribution in [2.45, 2.75) is 38.1 Å². The number of rotatable bonds is 15. The van der Waals surface area contributed by atoms with E-state index in [0.29, 0.717) is 5.92 Å². The number of hydrogen-bond acceptors (Lipinski definition) is 1. The van der Waals surface area contributed by atoms with Crippen LogP contribution in [0.25, 0.3) is 22.8 Å². The second-order valence-electron chi connectivity index (χ2n) is 16.7. The highest BCUT2D eigenvalue weighted by Crippen LogP contribution is 2.50. The van der Waals surface area contributed by atoms with E-state index in [1.807, 2.05) is 18.2 Å². The molecule has 4 aliphatic rings. The van der Waals surface area contributed by atoms with Crippen molar-refractivity contribution in [2.24, 2.45) is 5.92 Å². The average Bonchev–Trinajstić information content (AvgIpc) is 3.69. The summed E-state index contributed by atoms with van der Waals surface area (Å²) in [7, 11) is 0. The molecule has 4 aromatic rings. The van der Waals surface area contributed by atoms with Gasteiger partial charge in [0.25, 0.3) is 0 Å². The molecule has 0 N–H and O–H groups in total. The number of nitrogens with zero attached hydrogens (tertiary/aromatic N) is 1. The summed E-state index contributed by atoms with van der Waals surface area (Å²) in [5.41, 5.74) is 14.5. The second kappa shape index (κ2) is 19.7. The molecule has 314 valence electrons. The summed E-state index contributed by atoms with van der Waals surface area (Å²) in [5.74, 6) is 0.434. The van der Waals surface area contributed by atoms with Gasteiger partial charge in [-0.05, 0) is 122 Å². The van der Waals surface area contributed by atoms with Gasteiger partial charge < -0.3 is 4.90 Å². The molecule has 0 radical (unpaired) electrons. The normalized spacial score (nSPS) is 18.9. The Bertz CT molecular complexity index is 2920. The first-order chi connectivity index (χ1) is 31.3. The van der Waals surface area contributed by atoms with Gasteiger partial charge in [-0.25, -0.2) is 0 Å². The van der Waals surface area contributed by atoms with Crippen LogP contribution in [0.15, 0.2) is 273 Å². The molecule has 0 heterocycles. The van der Waals surface area contributed by atoms with Crippen LogP contribution in [-0.4, -0.2) is 10.9 Å². The third-order valence-electron chi connectivity index (χ3n) is 12.8. The monoisotopic (exact) mass is 827 g/mol. The Labute approximate surface area is 381 Å². The molecule has 1 heteroatoms. The van der Waals surface area contributed by atoms with Crippen LogP contribution in [0.2, 0.25) is 0 Å². The Morgan fingerprint density at radius 2 is 1.55 bits per heavy atom. The van der Waals surface area contributed by atoms with E-state index in [-0.39, 0.29) is 6.04 Å². The van der Waals surface area contributed by atoms with Crippen molar-refractivity contribution in [3.63, 3.8) is 0 Å². The fraction of sp³-hybridized carbons (Fsp3) is 0.111. The highest BCUT2D eigenvalue weighted by molar-refractivity contribution is 5.87. The van der Waals surface area contributed by atoms with E-state index in [1.165, 1.54) is 55.0 Å². The van der Waals surface area contributed by atoms with Gasteiger partial charge in [-0.1, -0.05) is 227 Å². The van der Waals surface area contributed by atoms with E-state index >= 15 is 0 Å². The van der Waals surface area contributed by atoms with E-state index in [4.69, 9.17) is 6.58 Å². The van der Waals surface area contributed by atoms with Crippen molar-refractivity contribution in [3.8, 4) is 0 Å². The number of hydrogen-bond donors (Lipinski definition) is 0. The van der Waals surface area contributed by atoms with Crippen LogP contribution in [0, 0.1) is 5.92 Å². The first-order valence-electron chi connectivity index (χ1n) is 22.4. The summed E-state index contributed by atoms with van der Waals surface area (Å²) in [6, 6.07) is 37.5. The van der Waals surface area contributed by atoms with Crippen LogP contribution in [0.3, 0.4) is 0 Å². The molecule has 4 aliphatic carbocycles. The van der Waals surface area contributed by atoms with Crippen molar-refractivity contribution >= 4 is 22.8 Å². The van der Waals surface area contributed by atoms with E-state index in [9.17, 15) is 0 Å². The minimum absolute atomic E-state index is 0.0235. The summed E-state index contributed by atoms with van der Waals surface area (Å²) in [5, 5.41) is 2.64. The van der Waals surface area contributed by atoms with Crippen molar-refractivity contribution < 1.29 is 0 Å². The maximum atomic E-state index is 4.75. The van der Waals surface area contributed by atoms with Gasteiger partial charge in [-0.3, -0.25) is 0 Å². The second-order valence-corrected chi connectivity index (χ2v) is 16.7. The molecule has 0 aliphatic heterocycles. The third kappa shape index (κ3) is 8.89. The van der Waals surface area contributed by atoms with Crippen LogP contribution in [-0.2, 0) is 5.41 Å². The zero-order valence-electron chi connectivity index (χ0n) is 37.2. The molecule has 1 nitrogen and oxygen atoms in total. The molecule has 0 aromatic heterocycles. The van der Waals surface area contributed by atoms with E-state index in [0.717, 1.165) is 40.8 Å². The van der Waals surface area contributed by atoms with Gasteiger partial charge in [0, 0.05) is 17.8 Å². The van der Waals surface area contributed by atoms with Gasteiger partial charge in [0.1, 0.15) is 0 Å². The van der Waals surface area contributed by atoms with Crippen molar-refractivity contribution in [1.29, 1.82) is 0 Å². The van der Waals surface area contributed by atoms with Gasteiger partial charge in [0.2, 0.25) is 0 Å². The van der Waals surface area contributed by atoms with Crippen LogP contribution in [0.4, 0.5) is 0 Å². The summed E-state index contributed by atoms with van der Waals surface area (Å²) in [4.78, 5) is 2.31. The molecule has 0 saturated heterocycles. The maximum Gasteiger partial charge on any atom is 0.0647 e. The molecule has 2 atom stereocenters. The summed E-state index contributed by atoms with van der Waals surface area (Å²) >= 11 is 0. The molecule has 2 unspecified atom stereocenters. The summed E-state index contributed by atoms with van der Waals surface area (Å²) in [6.45, 7) is 21.1. The van der Waals surface area contributed by atoms with Crippen LogP contribution < -0.4 is 10.4 Å². The van der Waals surface area contributed by atoms with Gasteiger partial charge in [0.05, 0.1) is 11.5 Å². The van der Waals surface area contributed by atoms with Crippen molar-refractivity contribution in [3.05, 3.63) is 311 Å². The van der Waals surface area contributed by atoms with Gasteiger partial charge >= 0.3 is 0 Å². The molecular formula is C63H57N. The molecule has 8 rings (SSSR count). The Morgan fingerprint density at radius 1 is 0.797 bits per heavy atom. The topological polar surface area (TPSA) is 3.24 Å². The van der Waals surface area contributed by atoms with Crippen LogP contribution >= 0.6 is 0 Å². The Balaban J connectivity index is 1.18. The number of benzene rings is 4. The van der Waals surface area contributed by atoms with Crippen LogP contribution in [0.1, 0.15) is 54.5 Å². The SMILES string of the molecule is C=C/C=C\C(=C)/C(C)=C/C(=C\C)C(/C=C)=C/C=C/N(C(=C)/C=C\C1=CC(c2ccccc2)(c2ccccc2)c2ccccc21)C1C=C(c2ccc3c(c2)=C2C=CC=CC2CC=3)C=CC1. The number of fused-ring (bicyclic) bond motifs is 3. The standard InChI is InChI=1S/C63H57N/c1-7-10-23-46(4)47(5)42-50(9-3)49(8-2)26-22-41-64(58-31-21-25-53(43-58)54-40-39-52-38-37-51-24-17-18-32-59(51)61(52)44-54)48(6)35-36-55-45-63(56-27-13-11-14-28-56,57-29-15-12-16-30-57)62-34-20-19-33-60(55)62/h7-30,32-36,38-45,51,58H,1-2,4,6,31,37H2,3,5H3/b23-10-,36-35-,41-22+,47-42+,49-26+,50-9+. The fourth-order valence-electron chi connectivity index (χ4n) is 9.39. The van der Waals surface area contributed by atoms with Gasteiger partial charge in [0.15, 0.2) is 0 Å². The largest absolute Gasteiger partial charge is 0.341 e. The number of allylic oxidation sites excluding steroid dienone is 22. The lowest BCUT2D eigenvalue weighted by molar-refractivity contribution is 0.406. The first-order valence-corrected chi connectivity index (χ1v) is 22.4. The minimum atomic E-state index is -0.433. The molecule has 0 bridgehead atoms. The third-order valence-corrected chi connectivity index (χ3v) is 12.8. The van der Waals surface area contributed by atoms with Crippen molar-refractivity contribution in [1.82, 2.24) is 4.90 Å². The van der Waals surface area contributed by atoms with Crippen LogP contribution in [0.5, 0.6) is 0 Å². The quantitative estimate of drug-likeness (QED) is 0.108. The summed E-state index contributed by atoms with van der Waals surface area (Å²) < 4.78 is 0. The molecule has 4 aromatic carbocycles. The van der Waals surface area contributed by atoms with Crippen molar-refractivity contribution in [2.75, 3.05) is 0 Å². The lowest BCUT2D eigenvalue weighted by atomic mass is 9.71. The van der Waals surface area contributed by atoms with E-state index < -0.39 is 5.41 Å². The van der Waals surface area contributed by atoms with E-state index in [1.54, 1.807) is 6.08 Å². The maximum absolute atomic E-state index is 4.75. The minimum Gasteiger partial charge on any atom is -0.341 e. The molecule has 0 fully saturated rings. The molecule has 0 saturated carbocycles. The fourth-order valence-corrected chi connectivity index (χ4v) is 9.39. The lowest BCUT2D eigenvalue weighted by Gasteiger charge is -2.31. The van der Waals surface area contributed by atoms with Gasteiger partial charge in [-0.15, -0.1) is 0 Å². The molecular weight excluding hydrogens is 771 g/mol. The first kappa shape index (κ1) is 43.2. The molecule has 0 amide bonds. The average molecular weight is 828 g/mol. The summed E-state index contributed by atoms with van der Waals surface area (Å²) in [6.07, 6.45) is 45.3. The van der Waals surface area contributed by atoms with Gasteiger partial charge in [-0.2, -0.15) is 0 Å². The predicted octanol–water partition coefficient (Wildman–Crippen LogP) is 14.1. The molecule has 64 heavy (non-hydrogen) atoms. The van der Waals surface area contributed by atoms with E-state index in [2.05, 4.69) is 239 Å². The zero-order valence-corrected chi connectivity index (χ0v) is 37.2.